The van der Waals surface area contributed by atoms with Crippen LogP contribution in [0.5, 0.6) is 0 Å². The summed E-state index contributed by atoms with van der Waals surface area (Å²) >= 11 is 0. The van der Waals surface area contributed by atoms with E-state index < -0.39 is 0 Å². The zero-order valence-corrected chi connectivity index (χ0v) is 7.70. The maximum Gasteiger partial charge on any atom is 0.140 e. The van der Waals surface area contributed by atoms with Crippen molar-refractivity contribution >= 4 is 0 Å². The minimum absolute atomic E-state index is 0.450. The first kappa shape index (κ1) is 9.19. The lowest BCUT2D eigenvalue weighted by atomic mass is 10.2. The number of aromatic nitrogens is 3. The molecule has 0 fully saturated rings. The van der Waals surface area contributed by atoms with Gasteiger partial charge in [0.05, 0.1) is 12.6 Å². The van der Waals surface area contributed by atoms with Gasteiger partial charge >= 0.3 is 0 Å². The van der Waals surface area contributed by atoms with Crippen molar-refractivity contribution in [3.05, 3.63) is 12.2 Å². The van der Waals surface area contributed by atoms with Crippen molar-refractivity contribution in [2.24, 2.45) is 5.73 Å². The molecule has 1 rings (SSSR count). The third kappa shape index (κ3) is 1.64. The van der Waals surface area contributed by atoms with Crippen molar-refractivity contribution in [3.8, 4) is 0 Å². The Morgan fingerprint density at radius 3 is 2.67 bits per heavy atom. The molecule has 2 N–H and O–H groups in total. The molecule has 0 atom stereocenters. The Labute approximate surface area is 72.8 Å². The molecule has 0 radical (unpaired) electrons. The second-order valence-electron chi connectivity index (χ2n) is 2.80. The van der Waals surface area contributed by atoms with Crippen molar-refractivity contribution in [1.29, 1.82) is 0 Å². The fraction of sp³-hybridized carbons (Fsp3) is 0.750. The summed E-state index contributed by atoms with van der Waals surface area (Å²) in [6.07, 6.45) is 3.72. The van der Waals surface area contributed by atoms with Crippen LogP contribution in [0.2, 0.25) is 0 Å². The first-order chi connectivity index (χ1) is 5.83. The van der Waals surface area contributed by atoms with Crippen molar-refractivity contribution in [2.75, 3.05) is 0 Å². The number of rotatable bonds is 4. The topological polar surface area (TPSA) is 56.7 Å². The quantitative estimate of drug-likeness (QED) is 0.732. The average Bonchev–Trinajstić information content (AvgIpc) is 2.55. The van der Waals surface area contributed by atoms with E-state index in [1.165, 1.54) is 0 Å². The van der Waals surface area contributed by atoms with E-state index in [1.54, 1.807) is 6.33 Å². The summed E-state index contributed by atoms with van der Waals surface area (Å²) in [5, 5.41) is 4.15. The molecule has 0 aromatic carbocycles. The first-order valence-electron chi connectivity index (χ1n) is 4.41. The summed E-state index contributed by atoms with van der Waals surface area (Å²) in [5.41, 5.74) is 5.52. The molecule has 0 saturated carbocycles. The zero-order chi connectivity index (χ0) is 8.97. The number of nitrogens with two attached hydrogens (primary N) is 1. The molecule has 1 aromatic heterocycles. The van der Waals surface area contributed by atoms with E-state index in [4.69, 9.17) is 5.73 Å². The maximum absolute atomic E-state index is 5.52. The molecule has 0 unspecified atom stereocenters. The summed E-state index contributed by atoms with van der Waals surface area (Å²) in [7, 11) is 0. The van der Waals surface area contributed by atoms with Crippen LogP contribution in [0.4, 0.5) is 0 Å². The smallest absolute Gasteiger partial charge is 0.140 e. The normalized spacial score (nSPS) is 11.0. The van der Waals surface area contributed by atoms with Gasteiger partial charge < -0.3 is 5.73 Å². The third-order valence-corrected chi connectivity index (χ3v) is 2.12. The highest BCUT2D eigenvalue weighted by atomic mass is 15.4. The van der Waals surface area contributed by atoms with Gasteiger partial charge in [0.2, 0.25) is 0 Å². The van der Waals surface area contributed by atoms with Gasteiger partial charge in [0.25, 0.3) is 0 Å². The van der Waals surface area contributed by atoms with Crippen molar-refractivity contribution in [2.45, 2.75) is 39.3 Å². The van der Waals surface area contributed by atoms with Crippen LogP contribution in [0.15, 0.2) is 6.33 Å². The Morgan fingerprint density at radius 2 is 2.17 bits per heavy atom. The summed E-state index contributed by atoms with van der Waals surface area (Å²) in [6.45, 7) is 4.77. The van der Waals surface area contributed by atoms with Crippen LogP contribution in [-0.4, -0.2) is 14.8 Å². The van der Waals surface area contributed by atoms with E-state index in [2.05, 4.69) is 23.9 Å². The summed E-state index contributed by atoms with van der Waals surface area (Å²) in [6, 6.07) is 0.450. The van der Waals surface area contributed by atoms with E-state index in [1.807, 2.05) is 4.68 Å². The van der Waals surface area contributed by atoms with Gasteiger partial charge in [0, 0.05) is 0 Å². The molecular formula is C8H16N4. The van der Waals surface area contributed by atoms with Crippen LogP contribution in [0.3, 0.4) is 0 Å². The van der Waals surface area contributed by atoms with Crippen molar-refractivity contribution in [1.82, 2.24) is 14.8 Å². The molecule has 4 nitrogen and oxygen atoms in total. The molecule has 0 bridgehead atoms. The lowest BCUT2D eigenvalue weighted by Gasteiger charge is -2.14. The maximum atomic E-state index is 5.52. The Bertz CT molecular complexity index is 227. The van der Waals surface area contributed by atoms with Crippen LogP contribution in [0, 0.1) is 0 Å². The molecule has 0 spiro atoms. The lowest BCUT2D eigenvalue weighted by molar-refractivity contribution is 0.412. The summed E-state index contributed by atoms with van der Waals surface area (Å²) in [5.74, 6) is 0.878. The minimum atomic E-state index is 0.450. The molecule has 0 saturated heterocycles. The monoisotopic (exact) mass is 168 g/mol. The minimum Gasteiger partial charge on any atom is -0.324 e. The Hall–Kier alpha value is -0.900. The highest BCUT2D eigenvalue weighted by Crippen LogP contribution is 2.14. The average molecular weight is 168 g/mol. The first-order valence-corrected chi connectivity index (χ1v) is 4.41. The Morgan fingerprint density at radius 1 is 1.50 bits per heavy atom. The highest BCUT2D eigenvalue weighted by molar-refractivity contribution is 4.85. The van der Waals surface area contributed by atoms with E-state index in [-0.39, 0.29) is 0 Å². The van der Waals surface area contributed by atoms with Crippen molar-refractivity contribution < 1.29 is 0 Å². The second kappa shape index (κ2) is 4.21. The van der Waals surface area contributed by atoms with Crippen LogP contribution < -0.4 is 5.73 Å². The standard InChI is InChI=1S/C8H16N4/c1-3-7(4-2)12-8(5-9)10-6-11-12/h6-7H,3-5,9H2,1-2H3. The van der Waals surface area contributed by atoms with Gasteiger partial charge in [-0.15, -0.1) is 0 Å². The summed E-state index contributed by atoms with van der Waals surface area (Å²) in [4.78, 5) is 4.08. The molecule has 68 valence electrons. The number of nitrogens with zero attached hydrogens (tertiary/aromatic N) is 3. The molecule has 0 aliphatic heterocycles. The SMILES string of the molecule is CCC(CC)n1ncnc1CN. The molecule has 12 heavy (non-hydrogen) atoms. The molecule has 4 heteroatoms. The fourth-order valence-electron chi connectivity index (χ4n) is 1.36. The van der Waals surface area contributed by atoms with Gasteiger partial charge in [-0.3, -0.25) is 0 Å². The number of hydrogen-bond acceptors (Lipinski definition) is 3. The van der Waals surface area contributed by atoms with Gasteiger partial charge in [0.1, 0.15) is 12.2 Å². The van der Waals surface area contributed by atoms with Crippen LogP contribution in [0.1, 0.15) is 38.6 Å². The second-order valence-corrected chi connectivity index (χ2v) is 2.80. The molecule has 1 aromatic rings. The van der Waals surface area contributed by atoms with E-state index in [0.717, 1.165) is 18.7 Å². The predicted octanol–water partition coefficient (Wildman–Crippen LogP) is 1.10. The zero-order valence-electron chi connectivity index (χ0n) is 7.70. The molecule has 0 aliphatic rings. The fourth-order valence-corrected chi connectivity index (χ4v) is 1.36. The molecule has 0 aliphatic carbocycles. The van der Waals surface area contributed by atoms with Crippen LogP contribution >= 0.6 is 0 Å². The highest BCUT2D eigenvalue weighted by Gasteiger charge is 2.10. The Kier molecular flexibility index (Phi) is 3.22. The van der Waals surface area contributed by atoms with E-state index >= 15 is 0 Å². The van der Waals surface area contributed by atoms with Crippen LogP contribution in [0.25, 0.3) is 0 Å². The number of hydrogen-bond donors (Lipinski definition) is 1. The van der Waals surface area contributed by atoms with Gasteiger partial charge in [0.15, 0.2) is 0 Å². The van der Waals surface area contributed by atoms with E-state index in [0.29, 0.717) is 12.6 Å². The third-order valence-electron chi connectivity index (χ3n) is 2.12. The molecule has 0 amide bonds. The molecular weight excluding hydrogens is 152 g/mol. The lowest BCUT2D eigenvalue weighted by Crippen LogP contribution is -2.15. The molecule has 1 heterocycles. The van der Waals surface area contributed by atoms with Gasteiger partial charge in [-0.05, 0) is 12.8 Å². The largest absolute Gasteiger partial charge is 0.324 e. The van der Waals surface area contributed by atoms with Gasteiger partial charge in [-0.1, -0.05) is 13.8 Å². The van der Waals surface area contributed by atoms with Crippen LogP contribution in [-0.2, 0) is 6.54 Å². The predicted molar refractivity (Wildman–Crippen MR) is 47.5 cm³/mol. The van der Waals surface area contributed by atoms with Gasteiger partial charge in [-0.25, -0.2) is 9.67 Å². The van der Waals surface area contributed by atoms with Gasteiger partial charge in [-0.2, -0.15) is 5.10 Å². The Balaban J connectivity index is 2.83. The summed E-state index contributed by atoms with van der Waals surface area (Å²) < 4.78 is 1.93. The van der Waals surface area contributed by atoms with E-state index in [9.17, 15) is 0 Å². The van der Waals surface area contributed by atoms with Crippen molar-refractivity contribution in [3.63, 3.8) is 0 Å².